The minimum Gasteiger partial charge on any atom is -0.410 e. The number of hydrogen-bond donors (Lipinski definition) is 1. The summed E-state index contributed by atoms with van der Waals surface area (Å²) in [4.78, 5) is 13.4. The average molecular weight is 466 g/mol. The molecule has 0 aromatic carbocycles. The molecule has 1 aliphatic rings. The Morgan fingerprint density at radius 2 is 1.90 bits per heavy atom. The molecule has 0 aliphatic heterocycles. The van der Waals surface area contributed by atoms with Gasteiger partial charge >= 0.3 is 0 Å². The summed E-state index contributed by atoms with van der Waals surface area (Å²) >= 11 is 0. The van der Waals surface area contributed by atoms with Crippen molar-refractivity contribution in [2.75, 3.05) is 12.8 Å². The highest BCUT2D eigenvalue weighted by Gasteiger charge is 2.46. The molecule has 5 nitrogen and oxygen atoms in total. The Kier molecular flexibility index (Phi) is 8.02. The summed E-state index contributed by atoms with van der Waals surface area (Å²) in [6.45, 7) is 21.1. The van der Waals surface area contributed by atoms with Crippen LogP contribution in [0.3, 0.4) is 0 Å². The number of Topliss-reactive ketones (excluding diaryl/α,β-unsaturated/α-hetero) is 1. The highest BCUT2D eigenvalue weighted by atomic mass is 28.4. The summed E-state index contributed by atoms with van der Waals surface area (Å²) in [6.07, 6.45) is 5.07. The summed E-state index contributed by atoms with van der Waals surface area (Å²) in [7, 11) is -3.28. The fourth-order valence-electron chi connectivity index (χ4n) is 3.46. The Labute approximate surface area is 191 Å². The van der Waals surface area contributed by atoms with E-state index in [-0.39, 0.29) is 16.9 Å². The molecule has 1 aliphatic carbocycles. The van der Waals surface area contributed by atoms with Crippen molar-refractivity contribution in [3.63, 3.8) is 0 Å². The Morgan fingerprint density at radius 1 is 1.26 bits per heavy atom. The Balaban J connectivity index is 2.13. The molecular weight excluding hydrogens is 422 g/mol. The third-order valence-corrected chi connectivity index (χ3v) is 12.1. The van der Waals surface area contributed by atoms with Crippen molar-refractivity contribution in [2.24, 2.45) is 0 Å². The molecule has 0 bridgehead atoms. The highest BCUT2D eigenvalue weighted by molar-refractivity contribution is 6.76. The van der Waals surface area contributed by atoms with Crippen LogP contribution in [0.1, 0.15) is 51.0 Å². The second-order valence-corrected chi connectivity index (χ2v) is 22.0. The van der Waals surface area contributed by atoms with E-state index in [4.69, 9.17) is 9.16 Å². The minimum atomic E-state index is -2.03. The van der Waals surface area contributed by atoms with Gasteiger partial charge in [0.2, 0.25) is 5.78 Å². The normalized spacial score (nSPS) is 23.0. The lowest BCUT2D eigenvalue weighted by molar-refractivity contribution is 0.00420. The predicted molar refractivity (Wildman–Crippen MR) is 133 cm³/mol. The number of ether oxygens (including phenoxy) is 1. The standard InChI is InChI=1S/C24H43NO4Si2/c1-19-12-13-24(27,17-21(19)29-31(8,9)23(2,3)4)22(26)20-11-10-14-25(20)15-16-28-18-30(5,6)7/h10-12,14,21,27H,13,15-18H2,1-9H3/t21-,24-/m1/s1. The van der Waals surface area contributed by atoms with Crippen molar-refractivity contribution in [2.45, 2.75) is 96.6 Å². The van der Waals surface area contributed by atoms with Crippen LogP contribution >= 0.6 is 0 Å². The molecule has 7 heteroatoms. The quantitative estimate of drug-likeness (QED) is 0.229. The van der Waals surface area contributed by atoms with E-state index in [1.54, 1.807) is 6.07 Å². The van der Waals surface area contributed by atoms with Crippen molar-refractivity contribution in [3.05, 3.63) is 35.7 Å². The van der Waals surface area contributed by atoms with Crippen molar-refractivity contribution in [3.8, 4) is 0 Å². The van der Waals surface area contributed by atoms with Crippen molar-refractivity contribution >= 4 is 22.2 Å². The van der Waals surface area contributed by atoms with Crippen LogP contribution in [-0.4, -0.2) is 56.4 Å². The second-order valence-electron chi connectivity index (χ2n) is 11.8. The number of aliphatic hydroxyl groups is 1. The second kappa shape index (κ2) is 9.47. The molecule has 1 heterocycles. The zero-order valence-electron chi connectivity index (χ0n) is 21.0. The monoisotopic (exact) mass is 465 g/mol. The maximum absolute atomic E-state index is 13.4. The van der Waals surface area contributed by atoms with Crippen LogP contribution in [0.25, 0.3) is 0 Å². The molecule has 2 rings (SSSR count). The average Bonchev–Trinajstić information content (AvgIpc) is 3.07. The van der Waals surface area contributed by atoms with Gasteiger partial charge in [0.1, 0.15) is 5.60 Å². The summed E-state index contributed by atoms with van der Waals surface area (Å²) in [6, 6.07) is 3.66. The van der Waals surface area contributed by atoms with Crippen LogP contribution in [-0.2, 0) is 15.7 Å². The molecule has 176 valence electrons. The molecule has 0 amide bonds. The van der Waals surface area contributed by atoms with Gasteiger partial charge in [-0.2, -0.15) is 0 Å². The number of nitrogens with zero attached hydrogens (tertiary/aromatic N) is 1. The molecule has 0 spiro atoms. The first-order chi connectivity index (χ1) is 14.1. The molecule has 0 radical (unpaired) electrons. The third-order valence-electron chi connectivity index (χ3n) is 6.53. The fraction of sp³-hybridized carbons (Fsp3) is 0.708. The van der Waals surface area contributed by atoms with E-state index in [2.05, 4.69) is 53.5 Å². The van der Waals surface area contributed by atoms with Gasteiger partial charge in [0.15, 0.2) is 8.32 Å². The first kappa shape index (κ1) is 26.3. The largest absolute Gasteiger partial charge is 0.410 e. The summed E-state index contributed by atoms with van der Waals surface area (Å²) in [5, 5.41) is 11.5. The fourth-order valence-corrected chi connectivity index (χ4v) is 5.55. The molecule has 0 fully saturated rings. The third kappa shape index (κ3) is 6.74. The lowest BCUT2D eigenvalue weighted by Crippen LogP contribution is -2.50. The summed E-state index contributed by atoms with van der Waals surface area (Å²) in [5.74, 6) is -0.227. The Bertz CT molecular complexity index is 801. The molecule has 1 aromatic heterocycles. The number of carbonyl (C=O) groups excluding carboxylic acids is 1. The van der Waals surface area contributed by atoms with Gasteiger partial charge < -0.3 is 18.8 Å². The molecule has 1 aromatic rings. The zero-order valence-corrected chi connectivity index (χ0v) is 23.0. The molecular formula is C24H43NO4Si2. The topological polar surface area (TPSA) is 60.7 Å². The zero-order chi connectivity index (χ0) is 23.7. The van der Waals surface area contributed by atoms with Crippen molar-refractivity contribution in [1.82, 2.24) is 4.57 Å². The molecule has 1 N–H and O–H groups in total. The van der Waals surface area contributed by atoms with Crippen LogP contribution in [0, 0.1) is 0 Å². The van der Waals surface area contributed by atoms with Gasteiger partial charge in [-0.3, -0.25) is 4.79 Å². The molecule has 31 heavy (non-hydrogen) atoms. The van der Waals surface area contributed by atoms with Crippen molar-refractivity contribution < 1.29 is 19.1 Å². The Hall–Kier alpha value is -0.996. The maximum Gasteiger partial charge on any atom is 0.211 e. The summed E-state index contributed by atoms with van der Waals surface area (Å²) in [5.41, 5.74) is 0.206. The van der Waals surface area contributed by atoms with Gasteiger partial charge in [-0.05, 0) is 42.8 Å². The first-order valence-electron chi connectivity index (χ1n) is 11.4. The summed E-state index contributed by atoms with van der Waals surface area (Å²) < 4.78 is 14.3. The Morgan fingerprint density at radius 3 is 2.48 bits per heavy atom. The van der Waals surface area contributed by atoms with Crippen LogP contribution in [0.5, 0.6) is 0 Å². The number of carbonyl (C=O) groups is 1. The lowest BCUT2D eigenvalue weighted by Gasteiger charge is -2.43. The van der Waals surface area contributed by atoms with Gasteiger partial charge in [-0.1, -0.05) is 46.5 Å². The first-order valence-corrected chi connectivity index (χ1v) is 18.0. The SMILES string of the molecule is CC1=CC[C@](O)(C(=O)c2cccn2CCOC[Si](C)(C)C)C[C@H]1O[Si](C)(C)C(C)(C)C. The van der Waals surface area contributed by atoms with Gasteiger partial charge in [-0.25, -0.2) is 0 Å². The van der Waals surface area contributed by atoms with E-state index in [1.807, 2.05) is 29.8 Å². The number of ketones is 1. The van der Waals surface area contributed by atoms with Gasteiger partial charge in [0.25, 0.3) is 0 Å². The van der Waals surface area contributed by atoms with Crippen LogP contribution in [0.2, 0.25) is 37.8 Å². The van der Waals surface area contributed by atoms with E-state index in [0.717, 1.165) is 11.8 Å². The number of aromatic nitrogens is 1. The van der Waals surface area contributed by atoms with Gasteiger partial charge in [0.05, 0.1) is 26.5 Å². The van der Waals surface area contributed by atoms with E-state index in [0.29, 0.717) is 31.7 Å². The molecule has 0 saturated carbocycles. The van der Waals surface area contributed by atoms with Gasteiger partial charge in [0, 0.05) is 31.8 Å². The van der Waals surface area contributed by atoms with E-state index < -0.39 is 22.0 Å². The molecule has 2 atom stereocenters. The van der Waals surface area contributed by atoms with Crippen molar-refractivity contribution in [1.29, 1.82) is 0 Å². The van der Waals surface area contributed by atoms with Gasteiger partial charge in [-0.15, -0.1) is 0 Å². The molecule has 0 unspecified atom stereocenters. The van der Waals surface area contributed by atoms with E-state index in [1.165, 1.54) is 0 Å². The molecule has 0 saturated heterocycles. The van der Waals surface area contributed by atoms with Crippen LogP contribution in [0.15, 0.2) is 30.0 Å². The minimum absolute atomic E-state index is 0.0669. The smallest absolute Gasteiger partial charge is 0.211 e. The highest BCUT2D eigenvalue weighted by Crippen LogP contribution is 2.41. The lowest BCUT2D eigenvalue weighted by atomic mass is 9.80. The predicted octanol–water partition coefficient (Wildman–Crippen LogP) is 5.43. The number of hydrogen-bond acceptors (Lipinski definition) is 4. The maximum atomic E-state index is 13.4. The van der Waals surface area contributed by atoms with E-state index in [9.17, 15) is 9.90 Å². The van der Waals surface area contributed by atoms with E-state index >= 15 is 0 Å². The van der Waals surface area contributed by atoms with Crippen LogP contribution in [0.4, 0.5) is 0 Å². The van der Waals surface area contributed by atoms with Crippen LogP contribution < -0.4 is 0 Å². The number of rotatable bonds is 9.